The number of hydrogen-bond donors (Lipinski definition) is 1. The lowest BCUT2D eigenvalue weighted by atomic mass is 9.99. The highest BCUT2D eigenvalue weighted by atomic mass is 16.5. The van der Waals surface area contributed by atoms with Crippen molar-refractivity contribution in [2.75, 3.05) is 6.61 Å². The first kappa shape index (κ1) is 16.5. The molecule has 0 spiro atoms. The van der Waals surface area contributed by atoms with Crippen LogP contribution in [0.2, 0.25) is 0 Å². The van der Waals surface area contributed by atoms with Crippen molar-refractivity contribution in [2.24, 2.45) is 0 Å². The summed E-state index contributed by atoms with van der Waals surface area (Å²) < 4.78 is 7.48. The Balaban J connectivity index is 1.54. The van der Waals surface area contributed by atoms with Crippen molar-refractivity contribution < 1.29 is 9.53 Å². The van der Waals surface area contributed by atoms with E-state index in [0.29, 0.717) is 5.56 Å². The molecule has 6 nitrogen and oxygen atoms in total. The number of aromatic nitrogens is 3. The Morgan fingerprint density at radius 2 is 2.08 bits per heavy atom. The Hall–Kier alpha value is -2.99. The average molecular weight is 348 g/mol. The Bertz CT molecular complexity index is 858. The third kappa shape index (κ3) is 3.50. The van der Waals surface area contributed by atoms with Crippen LogP contribution in [0.4, 0.5) is 0 Å². The average Bonchev–Trinajstić information content (AvgIpc) is 3.39. The summed E-state index contributed by atoms with van der Waals surface area (Å²) >= 11 is 0. The van der Waals surface area contributed by atoms with Crippen molar-refractivity contribution in [2.45, 2.75) is 25.0 Å². The van der Waals surface area contributed by atoms with Gasteiger partial charge in [0.15, 0.2) is 0 Å². The van der Waals surface area contributed by atoms with Crippen LogP contribution in [-0.4, -0.2) is 33.4 Å². The molecule has 1 saturated heterocycles. The lowest BCUT2D eigenvalue weighted by Gasteiger charge is -2.24. The summed E-state index contributed by atoms with van der Waals surface area (Å²) in [5.74, 6) is -0.163. The number of nitrogens with one attached hydrogen (secondary N) is 1. The quantitative estimate of drug-likeness (QED) is 0.770. The fourth-order valence-corrected chi connectivity index (χ4v) is 3.21. The van der Waals surface area contributed by atoms with Gasteiger partial charge < -0.3 is 10.1 Å². The molecule has 3 aromatic rings. The van der Waals surface area contributed by atoms with Gasteiger partial charge in [-0.15, -0.1) is 0 Å². The Morgan fingerprint density at radius 3 is 2.81 bits per heavy atom. The van der Waals surface area contributed by atoms with Crippen LogP contribution >= 0.6 is 0 Å². The van der Waals surface area contributed by atoms with Crippen LogP contribution in [0.3, 0.4) is 0 Å². The second-order valence-electron chi connectivity index (χ2n) is 6.30. The molecule has 0 bridgehead atoms. The maximum atomic E-state index is 12.8. The number of rotatable bonds is 5. The minimum atomic E-state index is -0.173. The van der Waals surface area contributed by atoms with Gasteiger partial charge in [0, 0.05) is 19.0 Å². The molecule has 1 aliphatic rings. The number of ether oxygens (including phenoxy) is 1. The van der Waals surface area contributed by atoms with Gasteiger partial charge >= 0.3 is 0 Å². The number of carbonyl (C=O) groups excluding carboxylic acids is 1. The molecule has 6 heteroatoms. The summed E-state index contributed by atoms with van der Waals surface area (Å²) in [7, 11) is 0. The molecule has 3 heterocycles. The van der Waals surface area contributed by atoms with Gasteiger partial charge in [0.2, 0.25) is 0 Å². The van der Waals surface area contributed by atoms with E-state index in [1.807, 2.05) is 42.5 Å². The lowest BCUT2D eigenvalue weighted by Crippen LogP contribution is -2.36. The molecule has 0 saturated carbocycles. The molecule has 0 radical (unpaired) electrons. The zero-order valence-electron chi connectivity index (χ0n) is 14.3. The summed E-state index contributed by atoms with van der Waals surface area (Å²) in [6.45, 7) is 0.739. The summed E-state index contributed by atoms with van der Waals surface area (Å²) in [6.07, 6.45) is 8.64. The first-order valence-electron chi connectivity index (χ1n) is 8.74. The van der Waals surface area contributed by atoms with E-state index < -0.39 is 0 Å². The smallest absolute Gasteiger partial charge is 0.255 e. The molecule has 132 valence electrons. The van der Waals surface area contributed by atoms with Crippen LogP contribution in [-0.2, 0) is 4.74 Å². The van der Waals surface area contributed by atoms with Crippen molar-refractivity contribution in [1.82, 2.24) is 20.1 Å². The predicted molar refractivity (Wildman–Crippen MR) is 97.0 cm³/mol. The van der Waals surface area contributed by atoms with Crippen LogP contribution in [0.25, 0.3) is 5.69 Å². The van der Waals surface area contributed by atoms with E-state index in [1.54, 1.807) is 29.5 Å². The molecule has 1 amide bonds. The number of amides is 1. The zero-order chi connectivity index (χ0) is 17.8. The topological polar surface area (TPSA) is 69.0 Å². The molecule has 1 aliphatic heterocycles. The molecule has 1 aromatic carbocycles. The summed E-state index contributed by atoms with van der Waals surface area (Å²) in [5.41, 5.74) is 2.37. The molecule has 26 heavy (non-hydrogen) atoms. The lowest BCUT2D eigenvalue weighted by molar-refractivity contribution is 0.0672. The van der Waals surface area contributed by atoms with Crippen molar-refractivity contribution in [1.29, 1.82) is 0 Å². The van der Waals surface area contributed by atoms with Crippen molar-refractivity contribution in [3.8, 4) is 5.69 Å². The molecule has 1 fully saturated rings. The normalized spacial score (nSPS) is 17.8. The van der Waals surface area contributed by atoms with E-state index in [4.69, 9.17) is 4.74 Å². The minimum Gasteiger partial charge on any atom is -0.376 e. The highest BCUT2D eigenvalue weighted by Crippen LogP contribution is 2.27. The maximum absolute atomic E-state index is 12.8. The maximum Gasteiger partial charge on any atom is 0.255 e. The van der Waals surface area contributed by atoms with E-state index in [0.717, 1.165) is 30.7 Å². The fraction of sp³-hybridized carbons (Fsp3) is 0.250. The number of benzene rings is 1. The number of nitrogens with zero attached hydrogens (tertiary/aromatic N) is 3. The van der Waals surface area contributed by atoms with Gasteiger partial charge in [-0.3, -0.25) is 9.78 Å². The van der Waals surface area contributed by atoms with Crippen molar-refractivity contribution in [3.63, 3.8) is 0 Å². The summed E-state index contributed by atoms with van der Waals surface area (Å²) in [4.78, 5) is 16.9. The first-order valence-corrected chi connectivity index (χ1v) is 8.74. The second-order valence-corrected chi connectivity index (χ2v) is 6.30. The van der Waals surface area contributed by atoms with E-state index in [1.165, 1.54) is 0 Å². The third-order valence-electron chi connectivity index (χ3n) is 4.54. The van der Waals surface area contributed by atoms with Gasteiger partial charge in [-0.2, -0.15) is 5.10 Å². The summed E-state index contributed by atoms with van der Waals surface area (Å²) in [5, 5.41) is 7.39. The van der Waals surface area contributed by atoms with Crippen LogP contribution in [0, 0.1) is 0 Å². The fourth-order valence-electron chi connectivity index (χ4n) is 3.21. The molecular weight excluding hydrogens is 328 g/mol. The van der Waals surface area contributed by atoms with Gasteiger partial charge in [0.05, 0.1) is 35.8 Å². The van der Waals surface area contributed by atoms with Crippen LogP contribution < -0.4 is 5.32 Å². The molecular formula is C20H20N4O2. The SMILES string of the molecule is O=C(N[C@H](c1ccccc1)[C@H]1CCCO1)c1cnn(-c2cccnc2)c1. The van der Waals surface area contributed by atoms with Gasteiger partial charge in [-0.05, 0) is 30.5 Å². The molecule has 4 rings (SSSR count). The van der Waals surface area contributed by atoms with Crippen LogP contribution in [0.5, 0.6) is 0 Å². The van der Waals surface area contributed by atoms with Crippen molar-refractivity contribution in [3.05, 3.63) is 78.4 Å². The van der Waals surface area contributed by atoms with Crippen LogP contribution in [0.15, 0.2) is 67.3 Å². The van der Waals surface area contributed by atoms with Crippen LogP contribution in [0.1, 0.15) is 34.8 Å². The second kappa shape index (κ2) is 7.49. The monoisotopic (exact) mass is 348 g/mol. The largest absolute Gasteiger partial charge is 0.376 e. The molecule has 1 N–H and O–H groups in total. The highest BCUT2D eigenvalue weighted by Gasteiger charge is 2.29. The van der Waals surface area contributed by atoms with Gasteiger partial charge in [0.1, 0.15) is 0 Å². The molecule has 2 aromatic heterocycles. The van der Waals surface area contributed by atoms with Gasteiger partial charge in [0.25, 0.3) is 5.91 Å². The first-order chi connectivity index (χ1) is 12.8. The molecule has 0 unspecified atom stereocenters. The van der Waals surface area contributed by atoms with Gasteiger partial charge in [-0.1, -0.05) is 30.3 Å². The van der Waals surface area contributed by atoms with E-state index >= 15 is 0 Å². The molecule has 0 aliphatic carbocycles. The number of hydrogen-bond acceptors (Lipinski definition) is 4. The van der Waals surface area contributed by atoms with E-state index in [-0.39, 0.29) is 18.1 Å². The van der Waals surface area contributed by atoms with E-state index in [2.05, 4.69) is 15.4 Å². The Labute approximate surface area is 151 Å². The highest BCUT2D eigenvalue weighted by molar-refractivity contribution is 5.94. The third-order valence-corrected chi connectivity index (χ3v) is 4.54. The zero-order valence-corrected chi connectivity index (χ0v) is 14.3. The number of pyridine rings is 1. The number of carbonyl (C=O) groups is 1. The Morgan fingerprint density at radius 1 is 1.19 bits per heavy atom. The van der Waals surface area contributed by atoms with Gasteiger partial charge in [-0.25, -0.2) is 4.68 Å². The minimum absolute atomic E-state index is 0.00489. The molecule has 2 atom stereocenters. The van der Waals surface area contributed by atoms with Crippen molar-refractivity contribution >= 4 is 5.91 Å². The predicted octanol–water partition coefficient (Wildman–Crippen LogP) is 2.92. The Kier molecular flexibility index (Phi) is 4.75. The van der Waals surface area contributed by atoms with E-state index in [9.17, 15) is 4.79 Å². The standard InChI is InChI=1S/C20H20N4O2/c25-20(16-12-22-24(14-16)17-8-4-10-21-13-17)23-19(18-9-5-11-26-18)15-6-2-1-3-7-15/h1-4,6-8,10,12-14,18-19H,5,9,11H2,(H,23,25)/t18-,19-/m1/s1. The summed E-state index contributed by atoms with van der Waals surface area (Å²) in [6, 6.07) is 13.5.